The van der Waals surface area contributed by atoms with Gasteiger partial charge in [-0.1, -0.05) is 96.3 Å². The molecular weight excluding hydrogens is 286 g/mol. The fourth-order valence-corrected chi connectivity index (χ4v) is 3.17. The van der Waals surface area contributed by atoms with E-state index in [1.54, 1.807) is 0 Å². The SMILES string of the molecule is [O-][NH2+]CCCCCCCCCCCCCCCCCCCCO. The van der Waals surface area contributed by atoms with Crippen molar-refractivity contribution in [2.45, 2.75) is 116 Å². The summed E-state index contributed by atoms with van der Waals surface area (Å²) >= 11 is 0. The van der Waals surface area contributed by atoms with Crippen molar-refractivity contribution >= 4 is 0 Å². The first-order chi connectivity index (χ1) is 11.4. The fraction of sp³-hybridized carbons (Fsp3) is 1.00. The van der Waals surface area contributed by atoms with Gasteiger partial charge in [0.25, 0.3) is 0 Å². The average molecular weight is 330 g/mol. The van der Waals surface area contributed by atoms with E-state index in [4.69, 9.17) is 5.11 Å². The Labute approximate surface area is 145 Å². The third-order valence-corrected chi connectivity index (χ3v) is 4.73. The summed E-state index contributed by atoms with van der Waals surface area (Å²) in [5.41, 5.74) is 1.04. The van der Waals surface area contributed by atoms with E-state index in [-0.39, 0.29) is 0 Å². The van der Waals surface area contributed by atoms with Gasteiger partial charge in [-0.15, -0.1) is 0 Å². The zero-order valence-corrected chi connectivity index (χ0v) is 15.6. The molecule has 0 amide bonds. The first kappa shape index (κ1) is 22.9. The zero-order chi connectivity index (χ0) is 16.8. The highest BCUT2D eigenvalue weighted by molar-refractivity contribution is 4.50. The van der Waals surface area contributed by atoms with Gasteiger partial charge >= 0.3 is 0 Å². The third kappa shape index (κ3) is 21.9. The van der Waals surface area contributed by atoms with Crippen LogP contribution in [0, 0.1) is 5.21 Å². The summed E-state index contributed by atoms with van der Waals surface area (Å²) in [5.74, 6) is 0. The van der Waals surface area contributed by atoms with Crippen LogP contribution in [0.3, 0.4) is 0 Å². The van der Waals surface area contributed by atoms with E-state index in [1.165, 1.54) is 103 Å². The summed E-state index contributed by atoms with van der Waals surface area (Å²) in [6, 6.07) is 0. The van der Waals surface area contributed by atoms with Crippen molar-refractivity contribution in [3.8, 4) is 0 Å². The van der Waals surface area contributed by atoms with Crippen molar-refractivity contribution in [2.24, 2.45) is 0 Å². The summed E-state index contributed by atoms with van der Waals surface area (Å²) in [6.45, 7) is 1.12. The molecule has 0 spiro atoms. The molecule has 0 aromatic heterocycles. The fourth-order valence-electron chi connectivity index (χ4n) is 3.17. The van der Waals surface area contributed by atoms with E-state index in [9.17, 15) is 5.21 Å². The van der Waals surface area contributed by atoms with E-state index in [0.717, 1.165) is 24.9 Å². The number of aliphatic hydroxyl groups excluding tert-OH is 1. The maximum absolute atomic E-state index is 10.2. The standard InChI is InChI=1S/C20H43NO2/c22-20-18-16-14-12-10-8-6-4-2-1-3-5-7-9-11-13-15-17-19-21-23/h22H,1-21H2. The van der Waals surface area contributed by atoms with Crippen LogP contribution in [0.2, 0.25) is 0 Å². The predicted octanol–water partition coefficient (Wildman–Crippen LogP) is 5.06. The summed E-state index contributed by atoms with van der Waals surface area (Å²) in [6.07, 6.45) is 24.0. The molecule has 0 rings (SSSR count). The minimum Gasteiger partial charge on any atom is -0.636 e. The molecule has 0 aliphatic heterocycles. The van der Waals surface area contributed by atoms with Gasteiger partial charge in [0, 0.05) is 6.61 Å². The molecule has 0 atom stereocenters. The van der Waals surface area contributed by atoms with Gasteiger partial charge in [-0.25, -0.2) is 0 Å². The van der Waals surface area contributed by atoms with Gasteiger partial charge in [0.15, 0.2) is 0 Å². The molecule has 0 aromatic rings. The highest BCUT2D eigenvalue weighted by Gasteiger charge is 1.95. The second kappa shape index (κ2) is 21.9. The quantitative estimate of drug-likeness (QED) is 0.242. The highest BCUT2D eigenvalue weighted by Crippen LogP contribution is 2.14. The Kier molecular flexibility index (Phi) is 21.8. The van der Waals surface area contributed by atoms with Crippen molar-refractivity contribution in [1.82, 2.24) is 0 Å². The Bertz CT molecular complexity index is 180. The second-order valence-electron chi connectivity index (χ2n) is 7.04. The van der Waals surface area contributed by atoms with Gasteiger partial charge in [-0.05, 0) is 19.3 Å². The van der Waals surface area contributed by atoms with Crippen LogP contribution in [0.1, 0.15) is 116 Å². The molecule has 3 heteroatoms. The summed E-state index contributed by atoms with van der Waals surface area (Å²) in [5, 5.41) is 18.9. The van der Waals surface area contributed by atoms with Gasteiger partial charge in [-0.3, -0.25) is 0 Å². The number of nitrogens with two attached hydrogens (primary N) is 1. The number of unbranched alkanes of at least 4 members (excludes halogenated alkanes) is 17. The van der Waals surface area contributed by atoms with Crippen molar-refractivity contribution in [3.63, 3.8) is 0 Å². The molecule has 0 radical (unpaired) electrons. The predicted molar refractivity (Wildman–Crippen MR) is 100 cm³/mol. The Balaban J connectivity index is 2.92. The van der Waals surface area contributed by atoms with Crippen LogP contribution in [0.4, 0.5) is 0 Å². The second-order valence-corrected chi connectivity index (χ2v) is 7.04. The van der Waals surface area contributed by atoms with E-state index >= 15 is 0 Å². The lowest BCUT2D eigenvalue weighted by atomic mass is 10.0. The molecule has 0 saturated carbocycles. The molecule has 0 saturated heterocycles. The molecule has 0 heterocycles. The van der Waals surface area contributed by atoms with Crippen LogP contribution in [-0.2, 0) is 0 Å². The summed E-state index contributed by atoms with van der Waals surface area (Å²) in [4.78, 5) is 0. The largest absolute Gasteiger partial charge is 0.636 e. The van der Waals surface area contributed by atoms with Crippen molar-refractivity contribution in [2.75, 3.05) is 13.2 Å². The first-order valence-corrected chi connectivity index (χ1v) is 10.5. The minimum atomic E-state index is 0.363. The molecule has 0 aliphatic rings. The Morgan fingerprint density at radius 2 is 0.696 bits per heavy atom. The maximum atomic E-state index is 10.2. The molecule has 0 unspecified atom stereocenters. The molecule has 0 fully saturated rings. The lowest BCUT2D eigenvalue weighted by Gasteiger charge is -2.04. The van der Waals surface area contributed by atoms with Gasteiger partial charge in [0.05, 0.1) is 6.54 Å². The molecule has 0 aliphatic carbocycles. The number of quaternary nitrogens is 1. The lowest BCUT2D eigenvalue weighted by molar-refractivity contribution is -0.589. The normalized spacial score (nSPS) is 11.2. The molecule has 23 heavy (non-hydrogen) atoms. The van der Waals surface area contributed by atoms with E-state index in [2.05, 4.69) is 0 Å². The molecule has 0 bridgehead atoms. The summed E-state index contributed by atoms with van der Waals surface area (Å²) < 4.78 is 0. The average Bonchev–Trinajstić information content (AvgIpc) is 2.57. The zero-order valence-electron chi connectivity index (χ0n) is 15.6. The first-order valence-electron chi connectivity index (χ1n) is 10.5. The van der Waals surface area contributed by atoms with Crippen molar-refractivity contribution in [3.05, 3.63) is 5.21 Å². The van der Waals surface area contributed by atoms with Crippen LogP contribution in [-0.4, -0.2) is 18.3 Å². The van der Waals surface area contributed by atoms with Crippen LogP contribution < -0.4 is 5.48 Å². The topological polar surface area (TPSA) is 59.9 Å². The van der Waals surface area contributed by atoms with E-state index < -0.39 is 0 Å². The number of hydrogen-bond acceptors (Lipinski definition) is 2. The monoisotopic (exact) mass is 329 g/mol. The van der Waals surface area contributed by atoms with Crippen LogP contribution in [0.15, 0.2) is 0 Å². The summed E-state index contributed by atoms with van der Waals surface area (Å²) in [7, 11) is 0. The molecule has 0 aromatic carbocycles. The number of hydroxylamine groups is 1. The molecule has 140 valence electrons. The molecular formula is C20H43NO2. The number of hydrogen-bond donors (Lipinski definition) is 2. The van der Waals surface area contributed by atoms with Gasteiger partial charge in [-0.2, -0.15) is 0 Å². The lowest BCUT2D eigenvalue weighted by Crippen LogP contribution is -2.77. The van der Waals surface area contributed by atoms with E-state index in [0.29, 0.717) is 6.61 Å². The maximum Gasteiger partial charge on any atom is 0.0752 e. The third-order valence-electron chi connectivity index (χ3n) is 4.73. The molecule has 3 N–H and O–H groups in total. The van der Waals surface area contributed by atoms with E-state index in [1.807, 2.05) is 0 Å². The minimum absolute atomic E-state index is 0.363. The van der Waals surface area contributed by atoms with Crippen LogP contribution in [0.5, 0.6) is 0 Å². The van der Waals surface area contributed by atoms with Crippen LogP contribution in [0.25, 0.3) is 0 Å². The highest BCUT2D eigenvalue weighted by atomic mass is 16.5. The van der Waals surface area contributed by atoms with Crippen LogP contribution >= 0.6 is 0 Å². The Morgan fingerprint density at radius 1 is 0.435 bits per heavy atom. The molecule has 3 nitrogen and oxygen atoms in total. The Morgan fingerprint density at radius 3 is 0.957 bits per heavy atom. The Hall–Kier alpha value is -0.120. The van der Waals surface area contributed by atoms with Gasteiger partial charge in [0.1, 0.15) is 0 Å². The van der Waals surface area contributed by atoms with Gasteiger partial charge < -0.3 is 15.8 Å². The smallest absolute Gasteiger partial charge is 0.0752 e. The number of aliphatic hydroxyl groups is 1. The van der Waals surface area contributed by atoms with Crippen molar-refractivity contribution < 1.29 is 10.6 Å². The van der Waals surface area contributed by atoms with Gasteiger partial charge in [0.2, 0.25) is 0 Å². The van der Waals surface area contributed by atoms with Crippen molar-refractivity contribution in [1.29, 1.82) is 0 Å². The number of rotatable bonds is 20.